The summed E-state index contributed by atoms with van der Waals surface area (Å²) in [6, 6.07) is 6.57. The summed E-state index contributed by atoms with van der Waals surface area (Å²) >= 11 is 0. The summed E-state index contributed by atoms with van der Waals surface area (Å²) in [4.78, 5) is 2.55. The third kappa shape index (κ3) is 4.08. The fraction of sp³-hybridized carbons (Fsp3) is 0.647. The first-order valence-electron chi connectivity index (χ1n) is 8.41. The lowest BCUT2D eigenvalue weighted by atomic mass is 9.99. The second kappa shape index (κ2) is 7.39. The van der Waals surface area contributed by atoms with Crippen LogP contribution in [0.3, 0.4) is 0 Å². The molecule has 6 nitrogen and oxygen atoms in total. The molecule has 1 aliphatic heterocycles. The molecule has 3 rings (SSSR count). The van der Waals surface area contributed by atoms with Crippen LogP contribution in [0.2, 0.25) is 0 Å². The number of hydrogen-bond acceptors (Lipinski definition) is 5. The molecular weight excluding hydrogens is 328 g/mol. The van der Waals surface area contributed by atoms with Crippen molar-refractivity contribution in [3.63, 3.8) is 0 Å². The molecule has 1 N–H and O–H groups in total. The highest BCUT2D eigenvalue weighted by Gasteiger charge is 2.43. The van der Waals surface area contributed by atoms with Crippen LogP contribution in [-0.4, -0.2) is 59.8 Å². The zero-order valence-electron chi connectivity index (χ0n) is 14.3. The maximum atomic E-state index is 12.8. The van der Waals surface area contributed by atoms with E-state index in [1.165, 1.54) is 20.0 Å². The minimum Gasteiger partial charge on any atom is -0.497 e. The van der Waals surface area contributed by atoms with E-state index in [2.05, 4.69) is 9.62 Å². The van der Waals surface area contributed by atoms with Crippen LogP contribution < -0.4 is 9.46 Å². The molecule has 2 fully saturated rings. The van der Waals surface area contributed by atoms with Gasteiger partial charge in [0.15, 0.2) is 0 Å². The maximum absolute atomic E-state index is 12.8. The van der Waals surface area contributed by atoms with Crippen molar-refractivity contribution >= 4 is 10.0 Å². The van der Waals surface area contributed by atoms with Gasteiger partial charge in [-0.3, -0.25) is 4.90 Å². The summed E-state index contributed by atoms with van der Waals surface area (Å²) in [6.07, 6.45) is 2.42. The summed E-state index contributed by atoms with van der Waals surface area (Å²) in [5.74, 6) is 1.59. The molecule has 0 unspecified atom stereocenters. The molecule has 0 radical (unpaired) electrons. The topological polar surface area (TPSA) is 67.9 Å². The first kappa shape index (κ1) is 17.7. The summed E-state index contributed by atoms with van der Waals surface area (Å²) in [5, 5.41) is 0. The number of benzene rings is 1. The molecule has 134 valence electrons. The van der Waals surface area contributed by atoms with Crippen molar-refractivity contribution < 1.29 is 17.9 Å². The molecule has 0 aromatic heterocycles. The number of methoxy groups -OCH3 is 2. The second-order valence-corrected chi connectivity index (χ2v) is 8.37. The standard InChI is InChI=1S/C17H26N2O4S/c1-22-9-8-19-11-16(13-6-7-13)17(12-19)18-24(20,21)15-5-3-4-14(10-15)23-2/h3-5,10,13,16-18H,6-9,11-12H2,1-2H3/t16-,17+/m1/s1. The highest BCUT2D eigenvalue weighted by atomic mass is 32.2. The number of hydrogen-bond donors (Lipinski definition) is 1. The van der Waals surface area contributed by atoms with Crippen LogP contribution in [-0.2, 0) is 14.8 Å². The van der Waals surface area contributed by atoms with Crippen molar-refractivity contribution in [3.8, 4) is 5.75 Å². The number of likely N-dealkylation sites (tertiary alicyclic amines) is 1. The van der Waals surface area contributed by atoms with Gasteiger partial charge in [0.2, 0.25) is 10.0 Å². The third-order valence-electron chi connectivity index (χ3n) is 4.94. The van der Waals surface area contributed by atoms with Crippen molar-refractivity contribution in [2.24, 2.45) is 11.8 Å². The van der Waals surface area contributed by atoms with Crippen molar-refractivity contribution in [1.82, 2.24) is 9.62 Å². The first-order chi connectivity index (χ1) is 11.5. The third-order valence-corrected chi connectivity index (χ3v) is 6.43. The zero-order chi connectivity index (χ0) is 17.2. The van der Waals surface area contributed by atoms with Gasteiger partial charge >= 0.3 is 0 Å². The van der Waals surface area contributed by atoms with Crippen LogP contribution in [0, 0.1) is 11.8 Å². The summed E-state index contributed by atoms with van der Waals surface area (Å²) in [5.41, 5.74) is 0. The van der Waals surface area contributed by atoms with E-state index >= 15 is 0 Å². The SMILES string of the molecule is COCCN1C[C@H](NS(=O)(=O)c2cccc(OC)c2)[C@@H](C2CC2)C1. The molecule has 7 heteroatoms. The van der Waals surface area contributed by atoms with Crippen molar-refractivity contribution in [2.75, 3.05) is 40.5 Å². The van der Waals surface area contributed by atoms with E-state index in [1.54, 1.807) is 31.4 Å². The Hall–Kier alpha value is -1.15. The monoisotopic (exact) mass is 354 g/mol. The lowest BCUT2D eigenvalue weighted by molar-refractivity contribution is 0.158. The lowest BCUT2D eigenvalue weighted by Gasteiger charge is -2.19. The molecule has 1 aromatic rings. The van der Waals surface area contributed by atoms with Gasteiger partial charge in [-0.1, -0.05) is 6.07 Å². The van der Waals surface area contributed by atoms with Crippen molar-refractivity contribution in [3.05, 3.63) is 24.3 Å². The Balaban J connectivity index is 1.72. The van der Waals surface area contributed by atoms with Crippen LogP contribution in [0.25, 0.3) is 0 Å². The quantitative estimate of drug-likeness (QED) is 0.763. The number of sulfonamides is 1. The van der Waals surface area contributed by atoms with E-state index in [0.717, 1.165) is 19.6 Å². The predicted molar refractivity (Wildman–Crippen MR) is 91.6 cm³/mol. The van der Waals surface area contributed by atoms with Crippen LogP contribution in [0.4, 0.5) is 0 Å². The van der Waals surface area contributed by atoms with Gasteiger partial charge in [0.05, 0.1) is 18.6 Å². The zero-order valence-corrected chi connectivity index (χ0v) is 15.1. The Bertz CT molecular complexity index is 660. The predicted octanol–water partition coefficient (Wildman–Crippen LogP) is 1.33. The molecule has 24 heavy (non-hydrogen) atoms. The van der Waals surface area contributed by atoms with Crippen molar-refractivity contribution in [1.29, 1.82) is 0 Å². The molecular formula is C17H26N2O4S. The Morgan fingerprint density at radius 1 is 1.25 bits per heavy atom. The van der Waals surface area contributed by atoms with Gasteiger partial charge < -0.3 is 9.47 Å². The van der Waals surface area contributed by atoms with Crippen LogP contribution >= 0.6 is 0 Å². The van der Waals surface area contributed by atoms with E-state index in [1.807, 2.05) is 0 Å². The number of nitrogens with zero attached hydrogens (tertiary/aromatic N) is 1. The molecule has 0 bridgehead atoms. The van der Waals surface area contributed by atoms with Gasteiger partial charge in [-0.05, 0) is 36.8 Å². The first-order valence-corrected chi connectivity index (χ1v) is 9.89. The molecule has 0 spiro atoms. The molecule has 1 aromatic carbocycles. The van der Waals surface area contributed by atoms with E-state index in [-0.39, 0.29) is 10.9 Å². The highest BCUT2D eigenvalue weighted by molar-refractivity contribution is 7.89. The average molecular weight is 354 g/mol. The minimum atomic E-state index is -3.55. The summed E-state index contributed by atoms with van der Waals surface area (Å²) in [6.45, 7) is 3.21. The van der Waals surface area contributed by atoms with E-state index < -0.39 is 10.0 Å². The Labute approximate surface area is 144 Å². The molecule has 1 heterocycles. The minimum absolute atomic E-state index is 0.0365. The molecule has 2 aliphatic rings. The van der Waals surface area contributed by atoms with Crippen molar-refractivity contribution in [2.45, 2.75) is 23.8 Å². The largest absolute Gasteiger partial charge is 0.497 e. The molecule has 1 saturated carbocycles. The smallest absolute Gasteiger partial charge is 0.241 e. The Kier molecular flexibility index (Phi) is 5.44. The number of rotatable bonds is 8. The van der Waals surface area contributed by atoms with Gasteiger partial charge in [0, 0.05) is 38.9 Å². The Morgan fingerprint density at radius 2 is 2.04 bits per heavy atom. The van der Waals surface area contributed by atoms with E-state index in [9.17, 15) is 8.42 Å². The number of ether oxygens (including phenoxy) is 2. The van der Waals surface area contributed by atoms with Gasteiger partial charge in [0.1, 0.15) is 5.75 Å². The normalized spacial score (nSPS) is 25.1. The second-order valence-electron chi connectivity index (χ2n) is 6.66. The molecule has 2 atom stereocenters. The maximum Gasteiger partial charge on any atom is 0.241 e. The van der Waals surface area contributed by atoms with Crippen LogP contribution in [0.15, 0.2) is 29.2 Å². The lowest BCUT2D eigenvalue weighted by Crippen LogP contribution is -2.41. The van der Waals surface area contributed by atoms with Gasteiger partial charge in [-0.2, -0.15) is 0 Å². The molecule has 1 saturated heterocycles. The summed E-state index contributed by atoms with van der Waals surface area (Å²) in [7, 11) is -0.320. The van der Waals surface area contributed by atoms with E-state index in [4.69, 9.17) is 9.47 Å². The summed E-state index contributed by atoms with van der Waals surface area (Å²) < 4.78 is 38.7. The fourth-order valence-electron chi connectivity index (χ4n) is 3.48. The molecule has 1 aliphatic carbocycles. The average Bonchev–Trinajstić information content (AvgIpc) is 3.35. The van der Waals surface area contributed by atoms with Gasteiger partial charge in [0.25, 0.3) is 0 Å². The molecule has 0 amide bonds. The van der Waals surface area contributed by atoms with Crippen LogP contribution in [0.1, 0.15) is 12.8 Å². The highest BCUT2D eigenvalue weighted by Crippen LogP contribution is 2.41. The van der Waals surface area contributed by atoms with E-state index in [0.29, 0.717) is 24.2 Å². The fourth-order valence-corrected chi connectivity index (χ4v) is 4.79. The Morgan fingerprint density at radius 3 is 2.71 bits per heavy atom. The van der Waals surface area contributed by atoms with Gasteiger partial charge in [-0.15, -0.1) is 0 Å². The van der Waals surface area contributed by atoms with Crippen LogP contribution in [0.5, 0.6) is 5.75 Å². The number of nitrogens with one attached hydrogen (secondary N) is 1. The van der Waals surface area contributed by atoms with Gasteiger partial charge in [-0.25, -0.2) is 13.1 Å².